The number of nitrogens with one attached hydrogen (secondary N) is 2. The number of benzene rings is 1. The third-order valence-electron chi connectivity index (χ3n) is 3.70. The lowest BCUT2D eigenvalue weighted by molar-refractivity contribution is -0.117. The normalized spacial score (nSPS) is 13.9. The van der Waals surface area contributed by atoms with Gasteiger partial charge in [0.1, 0.15) is 0 Å². The minimum Gasteiger partial charge on any atom is -0.326 e. The first-order valence-corrected chi connectivity index (χ1v) is 9.28. The number of amides is 2. The van der Waals surface area contributed by atoms with Gasteiger partial charge in [-0.05, 0) is 71.6 Å². The molecule has 124 valence electrons. The van der Waals surface area contributed by atoms with Gasteiger partial charge in [-0.25, -0.2) is 0 Å². The number of carbonyl (C=O) groups is 2. The minimum absolute atomic E-state index is 0.0549. The Kier molecular flexibility index (Phi) is 5.16. The Labute approximate surface area is 153 Å². The van der Waals surface area contributed by atoms with Crippen LogP contribution in [0.2, 0.25) is 0 Å². The van der Waals surface area contributed by atoms with E-state index in [1.54, 1.807) is 23.5 Å². The second-order valence-corrected chi connectivity index (χ2v) is 8.25. The number of anilines is 2. The number of hydrogen-bond donors (Lipinski definition) is 2. The van der Waals surface area contributed by atoms with E-state index in [9.17, 15) is 9.59 Å². The number of halogens is 1. The van der Waals surface area contributed by atoms with E-state index < -0.39 is 0 Å². The molecule has 3 rings (SSSR count). The Balaban J connectivity index is 1.65. The average molecular weight is 405 g/mol. The SMILES string of the molecule is Cc1ccc(NC(=O)C2CC2)cc1NC(=O)/C=C\c1ccc(Br)s1. The van der Waals surface area contributed by atoms with Gasteiger partial charge in [0.15, 0.2) is 0 Å². The van der Waals surface area contributed by atoms with Gasteiger partial charge in [0.25, 0.3) is 0 Å². The highest BCUT2D eigenvalue weighted by Gasteiger charge is 2.29. The van der Waals surface area contributed by atoms with E-state index in [-0.39, 0.29) is 17.7 Å². The van der Waals surface area contributed by atoms with E-state index in [0.717, 1.165) is 27.1 Å². The van der Waals surface area contributed by atoms with Crippen molar-refractivity contribution in [3.8, 4) is 0 Å². The fourth-order valence-electron chi connectivity index (χ4n) is 2.17. The Bertz CT molecular complexity index is 809. The fourth-order valence-corrected chi connectivity index (χ4v) is 3.50. The van der Waals surface area contributed by atoms with Gasteiger partial charge < -0.3 is 10.6 Å². The molecule has 0 saturated heterocycles. The molecule has 4 nitrogen and oxygen atoms in total. The van der Waals surface area contributed by atoms with Crippen LogP contribution in [-0.4, -0.2) is 11.8 Å². The van der Waals surface area contributed by atoms with Crippen molar-refractivity contribution in [1.29, 1.82) is 0 Å². The third kappa shape index (κ3) is 4.55. The Morgan fingerprint density at radius 2 is 2.00 bits per heavy atom. The number of thiophene rings is 1. The molecule has 0 spiro atoms. The average Bonchev–Trinajstić information content (AvgIpc) is 3.31. The van der Waals surface area contributed by atoms with Crippen LogP contribution in [0.15, 0.2) is 40.2 Å². The zero-order valence-electron chi connectivity index (χ0n) is 13.1. The highest BCUT2D eigenvalue weighted by molar-refractivity contribution is 9.11. The van der Waals surface area contributed by atoms with Crippen molar-refractivity contribution in [2.45, 2.75) is 19.8 Å². The molecular formula is C18H17BrN2O2S. The zero-order chi connectivity index (χ0) is 17.1. The van der Waals surface area contributed by atoms with Crippen molar-refractivity contribution in [3.05, 3.63) is 50.6 Å². The predicted molar refractivity (Wildman–Crippen MR) is 102 cm³/mol. The van der Waals surface area contributed by atoms with E-state index in [1.165, 1.54) is 6.08 Å². The standard InChI is InChI=1S/C18H17BrN2O2S/c1-11-2-5-13(20-18(23)12-3-4-12)10-15(11)21-17(22)9-7-14-6-8-16(19)24-14/h2,5-10,12H,3-4H2,1H3,(H,20,23)(H,21,22)/b9-7-. The molecule has 1 aromatic carbocycles. The molecule has 0 radical (unpaired) electrons. The lowest BCUT2D eigenvalue weighted by Gasteiger charge is -2.10. The molecule has 2 aromatic rings. The molecule has 0 aliphatic heterocycles. The maximum atomic E-state index is 12.1. The molecule has 1 heterocycles. The predicted octanol–water partition coefficient (Wildman–Crippen LogP) is 4.82. The molecular weight excluding hydrogens is 388 g/mol. The van der Waals surface area contributed by atoms with Gasteiger partial charge in [-0.3, -0.25) is 9.59 Å². The molecule has 6 heteroatoms. The monoisotopic (exact) mass is 404 g/mol. The van der Waals surface area contributed by atoms with Crippen LogP contribution >= 0.6 is 27.3 Å². The van der Waals surface area contributed by atoms with Gasteiger partial charge in [-0.1, -0.05) is 6.07 Å². The van der Waals surface area contributed by atoms with Crippen LogP contribution in [0.1, 0.15) is 23.3 Å². The highest BCUT2D eigenvalue weighted by Crippen LogP contribution is 2.31. The van der Waals surface area contributed by atoms with Crippen molar-refractivity contribution < 1.29 is 9.59 Å². The van der Waals surface area contributed by atoms with Crippen LogP contribution in [-0.2, 0) is 9.59 Å². The summed E-state index contributed by atoms with van der Waals surface area (Å²) >= 11 is 4.95. The van der Waals surface area contributed by atoms with E-state index in [1.807, 2.05) is 31.2 Å². The number of carbonyl (C=O) groups excluding carboxylic acids is 2. The second kappa shape index (κ2) is 7.32. The summed E-state index contributed by atoms with van der Waals surface area (Å²) in [5, 5.41) is 5.76. The Morgan fingerprint density at radius 3 is 2.67 bits per heavy atom. The molecule has 1 aliphatic carbocycles. The zero-order valence-corrected chi connectivity index (χ0v) is 15.5. The molecule has 1 fully saturated rings. The first-order chi connectivity index (χ1) is 11.5. The quantitative estimate of drug-likeness (QED) is 0.701. The van der Waals surface area contributed by atoms with Crippen LogP contribution < -0.4 is 10.6 Å². The first kappa shape index (κ1) is 16.9. The number of aryl methyl sites for hydroxylation is 1. The van der Waals surface area contributed by atoms with Crippen LogP contribution in [0.4, 0.5) is 11.4 Å². The molecule has 24 heavy (non-hydrogen) atoms. The summed E-state index contributed by atoms with van der Waals surface area (Å²) in [7, 11) is 0. The summed E-state index contributed by atoms with van der Waals surface area (Å²) in [6.45, 7) is 1.92. The molecule has 0 bridgehead atoms. The largest absolute Gasteiger partial charge is 0.326 e. The van der Waals surface area contributed by atoms with Crippen LogP contribution in [0, 0.1) is 12.8 Å². The van der Waals surface area contributed by atoms with Crippen LogP contribution in [0.3, 0.4) is 0 Å². The molecule has 2 N–H and O–H groups in total. The lowest BCUT2D eigenvalue weighted by Crippen LogP contribution is -2.14. The molecule has 2 amide bonds. The molecule has 1 saturated carbocycles. The van der Waals surface area contributed by atoms with E-state index in [2.05, 4.69) is 26.6 Å². The maximum absolute atomic E-state index is 12.1. The summed E-state index contributed by atoms with van der Waals surface area (Å²) in [5.74, 6) is 0.00462. The van der Waals surface area contributed by atoms with Crippen molar-refractivity contribution in [3.63, 3.8) is 0 Å². The minimum atomic E-state index is -0.201. The van der Waals surface area contributed by atoms with Crippen molar-refractivity contribution in [2.75, 3.05) is 10.6 Å². The molecule has 1 aliphatic rings. The molecule has 0 atom stereocenters. The van der Waals surface area contributed by atoms with Gasteiger partial charge in [-0.2, -0.15) is 0 Å². The maximum Gasteiger partial charge on any atom is 0.248 e. The van der Waals surface area contributed by atoms with Crippen LogP contribution in [0.5, 0.6) is 0 Å². The van der Waals surface area contributed by atoms with Gasteiger partial charge >= 0.3 is 0 Å². The van der Waals surface area contributed by atoms with E-state index in [0.29, 0.717) is 11.4 Å². The fraction of sp³-hybridized carbons (Fsp3) is 0.222. The third-order valence-corrected chi connectivity index (χ3v) is 5.29. The van der Waals surface area contributed by atoms with Crippen molar-refractivity contribution in [2.24, 2.45) is 5.92 Å². The lowest BCUT2D eigenvalue weighted by atomic mass is 10.1. The van der Waals surface area contributed by atoms with Gasteiger partial charge in [0, 0.05) is 28.2 Å². The Morgan fingerprint density at radius 1 is 1.21 bits per heavy atom. The summed E-state index contributed by atoms with van der Waals surface area (Å²) in [6.07, 6.45) is 5.21. The van der Waals surface area contributed by atoms with E-state index >= 15 is 0 Å². The summed E-state index contributed by atoms with van der Waals surface area (Å²) in [4.78, 5) is 24.9. The van der Waals surface area contributed by atoms with Gasteiger partial charge in [-0.15, -0.1) is 11.3 Å². The smallest absolute Gasteiger partial charge is 0.248 e. The van der Waals surface area contributed by atoms with Gasteiger partial charge in [0.05, 0.1) is 3.79 Å². The number of hydrogen-bond acceptors (Lipinski definition) is 3. The highest BCUT2D eigenvalue weighted by atomic mass is 79.9. The van der Waals surface area contributed by atoms with Crippen LogP contribution in [0.25, 0.3) is 6.08 Å². The van der Waals surface area contributed by atoms with Crippen molar-refractivity contribution in [1.82, 2.24) is 0 Å². The van der Waals surface area contributed by atoms with Crippen molar-refractivity contribution >= 4 is 56.5 Å². The topological polar surface area (TPSA) is 58.2 Å². The van der Waals surface area contributed by atoms with Gasteiger partial charge in [0.2, 0.25) is 11.8 Å². The Hall–Kier alpha value is -1.92. The molecule has 1 aromatic heterocycles. The first-order valence-electron chi connectivity index (χ1n) is 7.67. The molecule has 0 unspecified atom stereocenters. The second-order valence-electron chi connectivity index (χ2n) is 5.76. The van der Waals surface area contributed by atoms with E-state index in [4.69, 9.17) is 0 Å². The summed E-state index contributed by atoms with van der Waals surface area (Å²) < 4.78 is 1.03. The summed E-state index contributed by atoms with van der Waals surface area (Å²) in [5.41, 5.74) is 2.35. The summed E-state index contributed by atoms with van der Waals surface area (Å²) in [6, 6.07) is 9.42. The number of rotatable bonds is 5.